The first kappa shape index (κ1) is 16.0. The molecule has 0 bridgehead atoms. The Morgan fingerprint density at radius 1 is 1.10 bits per heavy atom. The third-order valence-electron chi connectivity index (χ3n) is 3.02. The number of hydrogen-bond donors (Lipinski definition) is 2. The molecule has 0 aromatic heterocycles. The molecule has 0 saturated carbocycles. The second kappa shape index (κ2) is 8.19. The van der Waals surface area contributed by atoms with Crippen LogP contribution in [0.15, 0.2) is 24.3 Å². The van der Waals surface area contributed by atoms with Gasteiger partial charge in [0.25, 0.3) is 0 Å². The van der Waals surface area contributed by atoms with Crippen LogP contribution in [0.2, 0.25) is 0 Å². The number of carbonyl (C=O) groups is 2. The number of amides is 2. The lowest BCUT2D eigenvalue weighted by atomic mass is 10.2. The lowest BCUT2D eigenvalue weighted by Crippen LogP contribution is -2.30. The van der Waals surface area contributed by atoms with Gasteiger partial charge in [-0.25, -0.2) is 4.79 Å². The quantitative estimate of drug-likeness (QED) is 0.805. The van der Waals surface area contributed by atoms with Crippen molar-refractivity contribution in [3.63, 3.8) is 0 Å². The number of urea groups is 1. The maximum atomic E-state index is 11.6. The molecule has 0 fully saturated rings. The van der Waals surface area contributed by atoms with Gasteiger partial charge in [-0.1, -0.05) is 0 Å². The molecule has 110 valence electrons. The molecule has 1 aromatic rings. The van der Waals surface area contributed by atoms with Crippen LogP contribution in [-0.4, -0.2) is 31.4 Å². The van der Waals surface area contributed by atoms with Crippen LogP contribution in [0.1, 0.15) is 27.2 Å². The highest BCUT2D eigenvalue weighted by atomic mass is 16.2. The highest BCUT2D eigenvalue weighted by Gasteiger charge is 2.04. The fourth-order valence-electron chi connectivity index (χ4n) is 1.87. The van der Waals surface area contributed by atoms with Gasteiger partial charge in [0, 0.05) is 37.4 Å². The highest BCUT2D eigenvalue weighted by molar-refractivity contribution is 5.89. The van der Waals surface area contributed by atoms with E-state index in [0.29, 0.717) is 13.0 Å². The lowest BCUT2D eigenvalue weighted by molar-refractivity contribution is -0.116. The number of Topliss-reactive ketones (excluding diaryl/α,β-unsaturated/α-hetero) is 1. The van der Waals surface area contributed by atoms with Gasteiger partial charge in [0.2, 0.25) is 0 Å². The number of benzene rings is 1. The van der Waals surface area contributed by atoms with Crippen molar-refractivity contribution in [2.24, 2.45) is 0 Å². The van der Waals surface area contributed by atoms with Crippen molar-refractivity contribution in [1.82, 2.24) is 5.32 Å². The molecular weight excluding hydrogens is 254 g/mol. The van der Waals surface area contributed by atoms with Crippen LogP contribution >= 0.6 is 0 Å². The Kier molecular flexibility index (Phi) is 6.56. The summed E-state index contributed by atoms with van der Waals surface area (Å²) in [5.74, 6) is 0.0638. The molecule has 0 aliphatic rings. The second-order valence-corrected chi connectivity index (χ2v) is 4.55. The molecule has 0 aliphatic heterocycles. The van der Waals surface area contributed by atoms with Crippen LogP contribution in [0.4, 0.5) is 16.2 Å². The predicted molar refractivity (Wildman–Crippen MR) is 82.3 cm³/mol. The van der Waals surface area contributed by atoms with Crippen molar-refractivity contribution in [2.75, 3.05) is 29.9 Å². The Morgan fingerprint density at radius 3 is 2.20 bits per heavy atom. The van der Waals surface area contributed by atoms with E-state index in [-0.39, 0.29) is 11.8 Å². The Morgan fingerprint density at radius 2 is 1.70 bits per heavy atom. The zero-order valence-electron chi connectivity index (χ0n) is 12.4. The predicted octanol–water partition coefficient (Wildman–Crippen LogP) is 2.63. The van der Waals surface area contributed by atoms with Gasteiger partial charge in [-0.2, -0.15) is 0 Å². The average Bonchev–Trinajstić information content (AvgIpc) is 2.41. The number of hydrogen-bond acceptors (Lipinski definition) is 3. The zero-order valence-corrected chi connectivity index (χ0v) is 12.4. The van der Waals surface area contributed by atoms with Crippen LogP contribution in [-0.2, 0) is 4.79 Å². The molecule has 20 heavy (non-hydrogen) atoms. The van der Waals surface area contributed by atoms with Crippen molar-refractivity contribution in [1.29, 1.82) is 0 Å². The molecule has 2 N–H and O–H groups in total. The Hall–Kier alpha value is -2.04. The van der Waals surface area contributed by atoms with Gasteiger partial charge in [-0.15, -0.1) is 0 Å². The number of ketones is 1. The van der Waals surface area contributed by atoms with E-state index >= 15 is 0 Å². The smallest absolute Gasteiger partial charge is 0.319 e. The number of nitrogens with zero attached hydrogens (tertiary/aromatic N) is 1. The molecule has 1 aromatic carbocycles. The molecule has 1 rings (SSSR count). The fraction of sp³-hybridized carbons (Fsp3) is 0.467. The molecule has 0 saturated heterocycles. The Bertz CT molecular complexity index is 439. The minimum Gasteiger partial charge on any atom is -0.372 e. The van der Waals surface area contributed by atoms with Crippen molar-refractivity contribution in [3.05, 3.63) is 24.3 Å². The molecule has 0 atom stereocenters. The summed E-state index contributed by atoms with van der Waals surface area (Å²) in [5, 5.41) is 5.38. The number of anilines is 2. The number of nitrogens with one attached hydrogen (secondary N) is 2. The molecule has 0 unspecified atom stereocenters. The van der Waals surface area contributed by atoms with Crippen LogP contribution < -0.4 is 15.5 Å². The van der Waals surface area contributed by atoms with Gasteiger partial charge in [-0.3, -0.25) is 4.79 Å². The Labute approximate surface area is 120 Å². The van der Waals surface area contributed by atoms with Gasteiger partial charge in [0.1, 0.15) is 5.78 Å². The third kappa shape index (κ3) is 5.30. The van der Waals surface area contributed by atoms with Crippen molar-refractivity contribution < 1.29 is 9.59 Å². The first-order valence-electron chi connectivity index (χ1n) is 6.96. The minimum atomic E-state index is -0.290. The molecule has 0 radical (unpaired) electrons. The zero-order chi connectivity index (χ0) is 15.0. The summed E-state index contributed by atoms with van der Waals surface area (Å²) in [6.07, 6.45) is 0.355. The van der Waals surface area contributed by atoms with E-state index < -0.39 is 0 Å². The maximum absolute atomic E-state index is 11.6. The summed E-state index contributed by atoms with van der Waals surface area (Å²) >= 11 is 0. The van der Waals surface area contributed by atoms with E-state index in [2.05, 4.69) is 29.4 Å². The van der Waals surface area contributed by atoms with Gasteiger partial charge in [0.05, 0.1) is 0 Å². The lowest BCUT2D eigenvalue weighted by Gasteiger charge is -2.21. The third-order valence-corrected chi connectivity index (χ3v) is 3.02. The average molecular weight is 277 g/mol. The monoisotopic (exact) mass is 277 g/mol. The molecule has 5 nitrogen and oxygen atoms in total. The topological polar surface area (TPSA) is 61.4 Å². The van der Waals surface area contributed by atoms with Crippen LogP contribution in [0, 0.1) is 0 Å². The van der Waals surface area contributed by atoms with E-state index in [1.807, 2.05) is 24.3 Å². The standard InChI is InChI=1S/C15H23N3O2/c1-4-18(5-2)14-8-6-13(7-9-14)17-15(20)16-11-10-12(3)19/h6-9H,4-5,10-11H2,1-3H3,(H2,16,17,20). The van der Waals surface area contributed by atoms with Gasteiger partial charge in [-0.05, 0) is 45.0 Å². The molecular formula is C15H23N3O2. The summed E-state index contributed by atoms with van der Waals surface area (Å²) in [7, 11) is 0. The van der Waals surface area contributed by atoms with Crippen molar-refractivity contribution in [2.45, 2.75) is 27.2 Å². The van der Waals surface area contributed by atoms with E-state index in [0.717, 1.165) is 24.5 Å². The maximum Gasteiger partial charge on any atom is 0.319 e. The van der Waals surface area contributed by atoms with E-state index in [1.165, 1.54) is 6.92 Å². The van der Waals surface area contributed by atoms with Gasteiger partial charge in [0.15, 0.2) is 0 Å². The van der Waals surface area contributed by atoms with Crippen molar-refractivity contribution in [3.8, 4) is 0 Å². The molecule has 2 amide bonds. The first-order chi connectivity index (χ1) is 9.56. The van der Waals surface area contributed by atoms with E-state index in [1.54, 1.807) is 0 Å². The van der Waals surface area contributed by atoms with Crippen molar-refractivity contribution >= 4 is 23.2 Å². The number of carbonyl (C=O) groups excluding carboxylic acids is 2. The summed E-state index contributed by atoms with van der Waals surface area (Å²) in [6.45, 7) is 7.99. The molecule has 5 heteroatoms. The molecule has 0 aliphatic carbocycles. The van der Waals surface area contributed by atoms with Crippen LogP contribution in [0.3, 0.4) is 0 Å². The van der Waals surface area contributed by atoms with Gasteiger partial charge < -0.3 is 15.5 Å². The Balaban J connectivity index is 2.48. The summed E-state index contributed by atoms with van der Waals surface area (Å²) in [5.41, 5.74) is 1.87. The normalized spacial score (nSPS) is 9.95. The second-order valence-electron chi connectivity index (χ2n) is 4.55. The highest BCUT2D eigenvalue weighted by Crippen LogP contribution is 2.17. The summed E-state index contributed by atoms with van der Waals surface area (Å²) in [4.78, 5) is 24.6. The van der Waals surface area contributed by atoms with Crippen LogP contribution in [0.5, 0.6) is 0 Å². The van der Waals surface area contributed by atoms with E-state index in [4.69, 9.17) is 0 Å². The van der Waals surface area contributed by atoms with Crippen LogP contribution in [0.25, 0.3) is 0 Å². The molecule has 0 spiro atoms. The van der Waals surface area contributed by atoms with E-state index in [9.17, 15) is 9.59 Å². The minimum absolute atomic E-state index is 0.0638. The summed E-state index contributed by atoms with van der Waals surface area (Å²) in [6, 6.07) is 7.43. The number of rotatable bonds is 7. The largest absolute Gasteiger partial charge is 0.372 e. The SMILES string of the molecule is CCN(CC)c1ccc(NC(=O)NCCC(C)=O)cc1. The first-order valence-corrected chi connectivity index (χ1v) is 6.96. The molecule has 0 heterocycles. The van der Waals surface area contributed by atoms with Gasteiger partial charge >= 0.3 is 6.03 Å². The fourth-order valence-corrected chi connectivity index (χ4v) is 1.87. The summed E-state index contributed by atoms with van der Waals surface area (Å²) < 4.78 is 0.